The summed E-state index contributed by atoms with van der Waals surface area (Å²) in [6, 6.07) is 4.80. The third-order valence-electron chi connectivity index (χ3n) is 3.01. The Hall–Kier alpha value is -2.81. The van der Waals surface area contributed by atoms with Crippen LogP contribution in [0.4, 0.5) is 23.2 Å². The van der Waals surface area contributed by atoms with Crippen molar-refractivity contribution in [2.24, 2.45) is 0 Å². The first kappa shape index (κ1) is 19.5. The number of ether oxygens (including phenoxy) is 1. The molecule has 2 N–H and O–H groups in total. The third-order valence-corrected chi connectivity index (χ3v) is 3.30. The molecule has 0 aliphatic heterocycles. The van der Waals surface area contributed by atoms with E-state index in [1.807, 2.05) is 5.32 Å². The fourth-order valence-corrected chi connectivity index (χ4v) is 2.00. The molecule has 2 aromatic rings. The van der Waals surface area contributed by atoms with Crippen LogP contribution < -0.4 is 15.4 Å². The summed E-state index contributed by atoms with van der Waals surface area (Å²) in [6.45, 7) is -1.09. The average molecular weight is 391 g/mol. The monoisotopic (exact) mass is 390 g/mol. The van der Waals surface area contributed by atoms with E-state index in [1.54, 1.807) is 0 Å². The van der Waals surface area contributed by atoms with Crippen LogP contribution in [0, 0.1) is 23.3 Å². The summed E-state index contributed by atoms with van der Waals surface area (Å²) in [5, 5.41) is 4.11. The number of nitrogens with one attached hydrogen (secondary N) is 2. The summed E-state index contributed by atoms with van der Waals surface area (Å²) in [6.07, 6.45) is 0. The van der Waals surface area contributed by atoms with Gasteiger partial charge in [-0.3, -0.25) is 9.59 Å². The second kappa shape index (κ2) is 8.52. The molecule has 26 heavy (non-hydrogen) atoms. The van der Waals surface area contributed by atoms with Gasteiger partial charge in [0.2, 0.25) is 5.91 Å². The molecule has 0 saturated carbocycles. The minimum absolute atomic E-state index is 0.0376. The van der Waals surface area contributed by atoms with Crippen molar-refractivity contribution in [2.75, 3.05) is 18.5 Å². The lowest BCUT2D eigenvalue weighted by molar-refractivity contribution is -0.125. The Morgan fingerprint density at radius 1 is 1.00 bits per heavy atom. The molecule has 0 atom stereocenters. The van der Waals surface area contributed by atoms with Gasteiger partial charge in [-0.25, -0.2) is 17.6 Å². The van der Waals surface area contributed by atoms with Crippen molar-refractivity contribution in [2.45, 2.75) is 0 Å². The zero-order valence-electron chi connectivity index (χ0n) is 12.9. The number of benzene rings is 2. The molecule has 2 rings (SSSR count). The van der Waals surface area contributed by atoms with Crippen molar-refractivity contribution in [3.63, 3.8) is 0 Å². The molecule has 0 unspecified atom stereocenters. The molecule has 0 bridgehead atoms. The van der Waals surface area contributed by atoms with Crippen LogP contribution in [-0.2, 0) is 9.59 Å². The summed E-state index contributed by atoms with van der Waals surface area (Å²) in [4.78, 5) is 23.2. The lowest BCUT2D eigenvalue weighted by Gasteiger charge is -2.10. The van der Waals surface area contributed by atoms with Gasteiger partial charge in [-0.2, -0.15) is 0 Å². The van der Waals surface area contributed by atoms with Gasteiger partial charge < -0.3 is 15.4 Å². The highest BCUT2D eigenvalue weighted by molar-refractivity contribution is 6.32. The lowest BCUT2D eigenvalue weighted by Crippen LogP contribution is -2.36. The van der Waals surface area contributed by atoms with Crippen LogP contribution in [0.5, 0.6) is 5.75 Å². The smallest absolute Gasteiger partial charge is 0.258 e. The molecule has 10 heteroatoms. The van der Waals surface area contributed by atoms with Crippen LogP contribution >= 0.6 is 11.6 Å². The molecule has 138 valence electrons. The fourth-order valence-electron chi connectivity index (χ4n) is 1.78. The van der Waals surface area contributed by atoms with E-state index in [-0.39, 0.29) is 10.8 Å². The summed E-state index contributed by atoms with van der Waals surface area (Å²) in [5.74, 6) is -6.78. The highest BCUT2D eigenvalue weighted by Gasteiger charge is 2.15. The first-order valence-corrected chi connectivity index (χ1v) is 7.43. The number of anilines is 1. The quantitative estimate of drug-likeness (QED) is 0.588. The van der Waals surface area contributed by atoms with E-state index in [2.05, 4.69) is 5.32 Å². The highest BCUT2D eigenvalue weighted by Crippen LogP contribution is 2.24. The highest BCUT2D eigenvalue weighted by atomic mass is 35.5. The number of amides is 2. The topological polar surface area (TPSA) is 67.4 Å². The molecule has 0 aliphatic rings. The van der Waals surface area contributed by atoms with E-state index >= 15 is 0 Å². The Morgan fingerprint density at radius 3 is 2.42 bits per heavy atom. The number of hydrogen-bond donors (Lipinski definition) is 2. The van der Waals surface area contributed by atoms with Gasteiger partial charge in [-0.15, -0.1) is 0 Å². The molecule has 0 saturated heterocycles. The van der Waals surface area contributed by atoms with Gasteiger partial charge in [0.15, 0.2) is 24.1 Å². The molecular weight excluding hydrogens is 380 g/mol. The van der Waals surface area contributed by atoms with Crippen LogP contribution in [0.25, 0.3) is 0 Å². The maximum absolute atomic E-state index is 13.4. The molecule has 0 fully saturated rings. The summed E-state index contributed by atoms with van der Waals surface area (Å²) < 4.78 is 57.2. The molecule has 5 nitrogen and oxygen atoms in total. The van der Waals surface area contributed by atoms with Gasteiger partial charge in [-0.05, 0) is 30.3 Å². The van der Waals surface area contributed by atoms with Gasteiger partial charge in [0.25, 0.3) is 5.91 Å². The zero-order chi connectivity index (χ0) is 19.3. The van der Waals surface area contributed by atoms with Gasteiger partial charge >= 0.3 is 0 Å². The van der Waals surface area contributed by atoms with Gasteiger partial charge in [0, 0.05) is 0 Å². The molecule has 0 radical (unpaired) electrons. The molecule has 0 spiro atoms. The van der Waals surface area contributed by atoms with E-state index in [9.17, 15) is 27.2 Å². The van der Waals surface area contributed by atoms with E-state index in [1.165, 1.54) is 6.07 Å². The minimum Gasteiger partial charge on any atom is -0.482 e. The predicted octanol–water partition coefficient (Wildman–Crippen LogP) is 3.03. The second-order valence-electron chi connectivity index (χ2n) is 4.91. The summed E-state index contributed by atoms with van der Waals surface area (Å²) in [7, 11) is 0. The van der Waals surface area contributed by atoms with Crippen LogP contribution in [0.15, 0.2) is 30.3 Å². The number of carbonyl (C=O) groups is 2. The predicted molar refractivity (Wildman–Crippen MR) is 84.9 cm³/mol. The maximum atomic E-state index is 13.4. The Labute approximate surface area is 149 Å². The first-order valence-electron chi connectivity index (χ1n) is 7.06. The number of rotatable bonds is 6. The lowest BCUT2D eigenvalue weighted by atomic mass is 10.2. The Balaban J connectivity index is 1.82. The van der Waals surface area contributed by atoms with Crippen molar-refractivity contribution in [3.05, 3.63) is 58.6 Å². The molecular formula is C16H11ClF4N2O3. The Morgan fingerprint density at radius 2 is 1.73 bits per heavy atom. The molecule has 0 aromatic heterocycles. The Bertz CT molecular complexity index is 848. The van der Waals surface area contributed by atoms with Crippen LogP contribution in [0.1, 0.15) is 0 Å². The minimum atomic E-state index is -1.73. The van der Waals surface area contributed by atoms with Crippen molar-refractivity contribution < 1.29 is 31.9 Å². The average Bonchev–Trinajstić information content (AvgIpc) is 2.59. The first-order chi connectivity index (χ1) is 12.3. The fraction of sp³-hybridized carbons (Fsp3) is 0.125. The van der Waals surface area contributed by atoms with Gasteiger partial charge in [-0.1, -0.05) is 11.6 Å². The number of carbonyl (C=O) groups excluding carboxylic acids is 2. The van der Waals surface area contributed by atoms with Crippen LogP contribution in [0.2, 0.25) is 5.02 Å². The van der Waals surface area contributed by atoms with Crippen molar-refractivity contribution in [1.29, 1.82) is 0 Å². The van der Waals surface area contributed by atoms with Gasteiger partial charge in [0.1, 0.15) is 11.6 Å². The number of halogens is 5. The standard InChI is InChI=1S/C16H11ClF4N2O3/c17-9-5-8(18)1-4-12(9)26-7-14(25)22-6-13(24)23-11-3-2-10(19)15(20)16(11)21/h1-5H,6-7H2,(H,22,25)(H,23,24). The summed E-state index contributed by atoms with van der Waals surface area (Å²) >= 11 is 5.72. The van der Waals surface area contributed by atoms with E-state index < -0.39 is 53.9 Å². The van der Waals surface area contributed by atoms with Crippen LogP contribution in [0.3, 0.4) is 0 Å². The van der Waals surface area contributed by atoms with E-state index in [4.69, 9.17) is 16.3 Å². The maximum Gasteiger partial charge on any atom is 0.258 e. The van der Waals surface area contributed by atoms with Crippen molar-refractivity contribution in [1.82, 2.24) is 5.32 Å². The van der Waals surface area contributed by atoms with E-state index in [0.717, 1.165) is 18.2 Å². The third kappa shape index (κ3) is 5.09. The normalized spacial score (nSPS) is 10.3. The molecule has 0 heterocycles. The van der Waals surface area contributed by atoms with Crippen molar-refractivity contribution in [3.8, 4) is 5.75 Å². The van der Waals surface area contributed by atoms with Gasteiger partial charge in [0.05, 0.1) is 17.3 Å². The SMILES string of the molecule is O=C(COc1ccc(F)cc1Cl)NCC(=O)Nc1ccc(F)c(F)c1F. The Kier molecular flexibility index (Phi) is 6.40. The zero-order valence-corrected chi connectivity index (χ0v) is 13.7. The largest absolute Gasteiger partial charge is 0.482 e. The summed E-state index contributed by atoms with van der Waals surface area (Å²) in [5.41, 5.74) is -0.572. The van der Waals surface area contributed by atoms with Crippen molar-refractivity contribution >= 4 is 29.1 Å². The number of hydrogen-bond acceptors (Lipinski definition) is 3. The molecule has 2 amide bonds. The van der Waals surface area contributed by atoms with Crippen LogP contribution in [-0.4, -0.2) is 25.0 Å². The molecule has 2 aromatic carbocycles. The molecule has 0 aliphatic carbocycles. The van der Waals surface area contributed by atoms with E-state index in [0.29, 0.717) is 6.07 Å². The second-order valence-corrected chi connectivity index (χ2v) is 5.32.